The lowest BCUT2D eigenvalue weighted by Crippen LogP contribution is -2.06. The highest BCUT2D eigenvalue weighted by molar-refractivity contribution is 9.10. The molecular weight excluding hydrogens is 349 g/mol. The Labute approximate surface area is 108 Å². The van der Waals surface area contributed by atoms with Crippen LogP contribution in [0.15, 0.2) is 16.6 Å². The normalized spacial score (nSPS) is 12.8. The lowest BCUT2D eigenvalue weighted by Gasteiger charge is -2.11. The molecule has 1 N–H and O–H groups in total. The summed E-state index contributed by atoms with van der Waals surface area (Å²) in [7, 11) is 0.990. The zero-order valence-electron chi connectivity index (χ0n) is 7.92. The van der Waals surface area contributed by atoms with E-state index in [2.05, 4.69) is 15.9 Å². The maximum absolute atomic E-state index is 12.3. The Kier molecular flexibility index (Phi) is 4.00. The molecule has 0 bridgehead atoms. The van der Waals surface area contributed by atoms with Crippen molar-refractivity contribution < 1.29 is 26.7 Å². The molecule has 0 amide bonds. The van der Waals surface area contributed by atoms with Crippen molar-refractivity contribution in [3.05, 3.63) is 27.7 Å². The number of benzene rings is 1. The van der Waals surface area contributed by atoms with E-state index in [-0.39, 0.29) is 10.0 Å². The molecular formula is C8H5BrClF3O3S. The van der Waals surface area contributed by atoms with E-state index < -0.39 is 32.3 Å². The van der Waals surface area contributed by atoms with Gasteiger partial charge in [-0.3, -0.25) is 0 Å². The summed E-state index contributed by atoms with van der Waals surface area (Å²) in [6.07, 6.45) is -4.63. The number of aromatic hydroxyl groups is 1. The fourth-order valence-electron chi connectivity index (χ4n) is 1.10. The summed E-state index contributed by atoms with van der Waals surface area (Å²) < 4.78 is 58.4. The van der Waals surface area contributed by atoms with Gasteiger partial charge in [-0.05, 0) is 12.1 Å². The Morgan fingerprint density at radius 2 is 1.88 bits per heavy atom. The van der Waals surface area contributed by atoms with Crippen molar-refractivity contribution in [3.63, 3.8) is 0 Å². The zero-order chi connectivity index (χ0) is 13.4. The molecule has 96 valence electrons. The number of phenols is 1. The lowest BCUT2D eigenvalue weighted by atomic mass is 10.1. The second kappa shape index (κ2) is 4.66. The summed E-state index contributed by atoms with van der Waals surface area (Å²) in [4.78, 5) is 0. The molecule has 0 unspecified atom stereocenters. The SMILES string of the molecule is O=S(=O)(Cl)Cc1c(O)cc(C(F)(F)F)cc1Br. The molecule has 0 heterocycles. The molecule has 0 aliphatic carbocycles. The predicted molar refractivity (Wildman–Crippen MR) is 59.3 cm³/mol. The van der Waals surface area contributed by atoms with Crippen LogP contribution in [0.1, 0.15) is 11.1 Å². The Morgan fingerprint density at radius 3 is 2.24 bits per heavy atom. The van der Waals surface area contributed by atoms with Crippen LogP contribution in [-0.2, 0) is 21.0 Å². The molecule has 0 fully saturated rings. The standard InChI is InChI=1S/C8H5BrClF3O3S/c9-6-1-4(8(11,12)13)2-7(14)5(6)3-17(10,15)16/h1-2,14H,3H2. The first-order chi connectivity index (χ1) is 7.50. The second-order valence-corrected chi connectivity index (χ2v) is 6.77. The molecule has 9 heteroatoms. The van der Waals surface area contributed by atoms with Gasteiger partial charge in [0.2, 0.25) is 9.05 Å². The van der Waals surface area contributed by atoms with Gasteiger partial charge in [0.15, 0.2) is 0 Å². The molecule has 1 aromatic rings. The Hall–Kier alpha value is -0.470. The van der Waals surface area contributed by atoms with Gasteiger partial charge in [-0.25, -0.2) is 8.42 Å². The van der Waals surface area contributed by atoms with E-state index in [4.69, 9.17) is 10.7 Å². The van der Waals surface area contributed by atoms with Crippen LogP contribution in [0.3, 0.4) is 0 Å². The van der Waals surface area contributed by atoms with E-state index in [0.29, 0.717) is 12.1 Å². The van der Waals surface area contributed by atoms with Crippen molar-refractivity contribution in [2.24, 2.45) is 0 Å². The van der Waals surface area contributed by atoms with Crippen molar-refractivity contribution in [2.75, 3.05) is 0 Å². The minimum absolute atomic E-state index is 0.172. The van der Waals surface area contributed by atoms with Crippen molar-refractivity contribution in [1.82, 2.24) is 0 Å². The Morgan fingerprint density at radius 1 is 1.35 bits per heavy atom. The second-order valence-electron chi connectivity index (χ2n) is 3.14. The molecule has 0 spiro atoms. The maximum atomic E-state index is 12.3. The quantitative estimate of drug-likeness (QED) is 0.831. The minimum Gasteiger partial charge on any atom is -0.508 e. The first kappa shape index (κ1) is 14.6. The monoisotopic (exact) mass is 352 g/mol. The number of phenolic OH excluding ortho intramolecular Hbond substituents is 1. The number of hydrogen-bond acceptors (Lipinski definition) is 3. The summed E-state index contributed by atoms with van der Waals surface area (Å²) >= 11 is 2.76. The molecule has 0 saturated heterocycles. The molecule has 1 aromatic carbocycles. The van der Waals surface area contributed by atoms with Gasteiger partial charge in [-0.1, -0.05) is 15.9 Å². The molecule has 0 atom stereocenters. The van der Waals surface area contributed by atoms with E-state index >= 15 is 0 Å². The summed E-state index contributed by atoms with van der Waals surface area (Å²) in [5.41, 5.74) is -1.30. The first-order valence-corrected chi connectivity index (χ1v) is 7.29. The summed E-state index contributed by atoms with van der Waals surface area (Å²) in [6, 6.07) is 1.12. The third-order valence-electron chi connectivity index (χ3n) is 1.82. The summed E-state index contributed by atoms with van der Waals surface area (Å²) in [5, 5.41) is 9.35. The van der Waals surface area contributed by atoms with Gasteiger partial charge < -0.3 is 5.11 Å². The first-order valence-electron chi connectivity index (χ1n) is 4.01. The largest absolute Gasteiger partial charge is 0.508 e. The Balaban J connectivity index is 3.30. The van der Waals surface area contributed by atoms with Crippen LogP contribution in [0, 0.1) is 0 Å². The van der Waals surface area contributed by atoms with E-state index in [1.165, 1.54) is 0 Å². The number of rotatable bonds is 2. The average Bonchev–Trinajstić information content (AvgIpc) is 2.07. The summed E-state index contributed by atoms with van der Waals surface area (Å²) in [5.74, 6) is -1.55. The highest BCUT2D eigenvalue weighted by Crippen LogP contribution is 2.37. The third-order valence-corrected chi connectivity index (χ3v) is 3.48. The van der Waals surface area contributed by atoms with Crippen LogP contribution in [0.5, 0.6) is 5.75 Å². The van der Waals surface area contributed by atoms with E-state index in [1.54, 1.807) is 0 Å². The predicted octanol–water partition coefficient (Wildman–Crippen LogP) is 3.24. The minimum atomic E-state index is -4.63. The van der Waals surface area contributed by atoms with Gasteiger partial charge in [-0.2, -0.15) is 13.2 Å². The van der Waals surface area contributed by atoms with Gasteiger partial charge in [0.1, 0.15) is 5.75 Å². The van der Waals surface area contributed by atoms with Crippen LogP contribution in [0.2, 0.25) is 0 Å². The highest BCUT2D eigenvalue weighted by atomic mass is 79.9. The number of halogens is 5. The van der Waals surface area contributed by atoms with Crippen molar-refractivity contribution in [3.8, 4) is 5.75 Å². The van der Waals surface area contributed by atoms with Crippen molar-refractivity contribution >= 4 is 35.7 Å². The number of alkyl halides is 3. The van der Waals surface area contributed by atoms with Crippen LogP contribution < -0.4 is 0 Å². The highest BCUT2D eigenvalue weighted by Gasteiger charge is 2.32. The van der Waals surface area contributed by atoms with Crippen LogP contribution in [-0.4, -0.2) is 13.5 Å². The zero-order valence-corrected chi connectivity index (χ0v) is 11.1. The molecule has 0 aromatic heterocycles. The topological polar surface area (TPSA) is 54.4 Å². The smallest absolute Gasteiger partial charge is 0.416 e. The fraction of sp³-hybridized carbons (Fsp3) is 0.250. The molecule has 0 aliphatic rings. The molecule has 0 saturated carbocycles. The average molecular weight is 354 g/mol. The van der Waals surface area contributed by atoms with Crippen molar-refractivity contribution in [2.45, 2.75) is 11.9 Å². The Bertz CT molecular complexity index is 518. The van der Waals surface area contributed by atoms with E-state index in [9.17, 15) is 26.7 Å². The van der Waals surface area contributed by atoms with Gasteiger partial charge in [0.25, 0.3) is 0 Å². The van der Waals surface area contributed by atoms with E-state index in [0.717, 1.165) is 0 Å². The third kappa shape index (κ3) is 4.04. The van der Waals surface area contributed by atoms with Gasteiger partial charge >= 0.3 is 6.18 Å². The molecule has 1 rings (SSSR count). The molecule has 0 radical (unpaired) electrons. The van der Waals surface area contributed by atoms with Crippen molar-refractivity contribution in [1.29, 1.82) is 0 Å². The summed E-state index contributed by atoms with van der Waals surface area (Å²) in [6.45, 7) is 0. The van der Waals surface area contributed by atoms with Gasteiger partial charge in [-0.15, -0.1) is 0 Å². The fourth-order valence-corrected chi connectivity index (χ4v) is 2.85. The van der Waals surface area contributed by atoms with Crippen LogP contribution in [0.4, 0.5) is 13.2 Å². The maximum Gasteiger partial charge on any atom is 0.416 e. The van der Waals surface area contributed by atoms with Gasteiger partial charge in [0, 0.05) is 20.7 Å². The van der Waals surface area contributed by atoms with Gasteiger partial charge in [0.05, 0.1) is 11.3 Å². The molecule has 17 heavy (non-hydrogen) atoms. The molecule has 3 nitrogen and oxygen atoms in total. The number of hydrogen-bond donors (Lipinski definition) is 1. The lowest BCUT2D eigenvalue weighted by molar-refractivity contribution is -0.137. The van der Waals surface area contributed by atoms with Crippen LogP contribution >= 0.6 is 26.6 Å². The van der Waals surface area contributed by atoms with Crippen LogP contribution in [0.25, 0.3) is 0 Å². The molecule has 0 aliphatic heterocycles. The van der Waals surface area contributed by atoms with E-state index in [1.807, 2.05) is 0 Å².